The zero-order chi connectivity index (χ0) is 24.6. The summed E-state index contributed by atoms with van der Waals surface area (Å²) in [5.74, 6) is -0.168. The third-order valence-corrected chi connectivity index (χ3v) is 7.24. The molecule has 7 nitrogen and oxygen atoms in total. The summed E-state index contributed by atoms with van der Waals surface area (Å²) in [6, 6.07) is 21.5. The van der Waals surface area contributed by atoms with Gasteiger partial charge in [-0.05, 0) is 35.9 Å². The van der Waals surface area contributed by atoms with E-state index in [0.717, 1.165) is 10.8 Å². The Morgan fingerprint density at radius 1 is 0.886 bits per heavy atom. The van der Waals surface area contributed by atoms with Crippen molar-refractivity contribution in [1.29, 1.82) is 0 Å². The van der Waals surface area contributed by atoms with Crippen molar-refractivity contribution in [1.82, 2.24) is 0 Å². The maximum absolute atomic E-state index is 13.4. The van der Waals surface area contributed by atoms with Crippen LogP contribution in [0.5, 0.6) is 0 Å². The monoisotopic (exact) mass is 489 g/mol. The summed E-state index contributed by atoms with van der Waals surface area (Å²) >= 11 is 0. The highest BCUT2D eigenvalue weighted by molar-refractivity contribution is 7.92. The summed E-state index contributed by atoms with van der Waals surface area (Å²) in [4.78, 5) is 13.0. The van der Waals surface area contributed by atoms with Gasteiger partial charge < -0.3 is 13.9 Å². The number of methoxy groups -OCH3 is 1. The van der Waals surface area contributed by atoms with Crippen molar-refractivity contribution in [3.8, 4) is 0 Å². The topological polar surface area (TPSA) is 94.8 Å². The number of carbonyl (C=O) groups is 1. The zero-order valence-electron chi connectivity index (χ0n) is 19.2. The van der Waals surface area contributed by atoms with E-state index in [-0.39, 0.29) is 23.7 Å². The maximum Gasteiger partial charge on any atom is 0.342 e. The molecular weight excluding hydrogens is 466 g/mol. The summed E-state index contributed by atoms with van der Waals surface area (Å²) < 4.78 is 45.7. The lowest BCUT2D eigenvalue weighted by atomic mass is 10.0. The number of aryl methyl sites for hydroxylation is 1. The number of carbonyl (C=O) groups excluding carboxylic acids is 1. The SMILES string of the molecule is COCCOC(=O)c1c(C)oc2c1cc(NS(=O)(=O)c1ccc3ccccc3c1)c1ccccc12. The number of anilines is 1. The molecule has 178 valence electrons. The molecular formula is C27H23NO6S. The van der Waals surface area contributed by atoms with E-state index in [9.17, 15) is 13.2 Å². The number of hydrogen-bond donors (Lipinski definition) is 1. The molecule has 0 radical (unpaired) electrons. The van der Waals surface area contributed by atoms with Gasteiger partial charge in [-0.3, -0.25) is 4.72 Å². The number of furan rings is 1. The molecule has 0 aliphatic carbocycles. The number of fused-ring (bicyclic) bond motifs is 4. The highest BCUT2D eigenvalue weighted by Gasteiger charge is 2.24. The lowest BCUT2D eigenvalue weighted by molar-refractivity contribution is 0.0388. The largest absolute Gasteiger partial charge is 0.460 e. The average Bonchev–Trinajstić information content (AvgIpc) is 3.19. The Morgan fingerprint density at radius 2 is 1.60 bits per heavy atom. The van der Waals surface area contributed by atoms with E-state index in [1.165, 1.54) is 7.11 Å². The van der Waals surface area contributed by atoms with Crippen molar-refractivity contribution >= 4 is 54.2 Å². The molecule has 0 bridgehead atoms. The molecule has 1 heterocycles. The summed E-state index contributed by atoms with van der Waals surface area (Å²) in [6.45, 7) is 2.04. The standard InChI is InChI=1S/C27H23NO6S/c1-17-25(27(29)33-14-13-32-2)23-16-24(21-9-5-6-10-22(21)26(23)34-17)28-35(30,31)20-12-11-18-7-3-4-8-19(18)15-20/h3-12,15-16,28H,13-14H2,1-2H3. The Balaban J connectivity index is 1.63. The second-order valence-corrected chi connectivity index (χ2v) is 9.81. The molecule has 0 amide bonds. The highest BCUT2D eigenvalue weighted by atomic mass is 32.2. The minimum atomic E-state index is -3.92. The van der Waals surface area contributed by atoms with Gasteiger partial charge in [0.1, 0.15) is 23.5 Å². The lowest BCUT2D eigenvalue weighted by Gasteiger charge is -2.12. The van der Waals surface area contributed by atoms with Gasteiger partial charge in [-0.25, -0.2) is 13.2 Å². The highest BCUT2D eigenvalue weighted by Crippen LogP contribution is 2.37. The number of esters is 1. The first-order valence-corrected chi connectivity index (χ1v) is 12.5. The quantitative estimate of drug-likeness (QED) is 0.234. The Bertz CT molecular complexity index is 1690. The van der Waals surface area contributed by atoms with Gasteiger partial charge in [0, 0.05) is 23.3 Å². The fraction of sp³-hybridized carbons (Fsp3) is 0.148. The predicted octanol–water partition coefficient (Wildman–Crippen LogP) is 5.65. The van der Waals surface area contributed by atoms with Gasteiger partial charge in [0.05, 0.1) is 17.2 Å². The van der Waals surface area contributed by atoms with Crippen LogP contribution in [0.15, 0.2) is 82.1 Å². The van der Waals surface area contributed by atoms with E-state index in [4.69, 9.17) is 13.9 Å². The number of nitrogens with one attached hydrogen (secondary N) is 1. The molecule has 0 unspecified atom stereocenters. The van der Waals surface area contributed by atoms with Crippen LogP contribution in [0, 0.1) is 6.92 Å². The van der Waals surface area contributed by atoms with Gasteiger partial charge in [0.15, 0.2) is 0 Å². The molecule has 35 heavy (non-hydrogen) atoms. The minimum absolute atomic E-state index is 0.0937. The lowest BCUT2D eigenvalue weighted by Crippen LogP contribution is -2.13. The van der Waals surface area contributed by atoms with Crippen LogP contribution in [0.3, 0.4) is 0 Å². The van der Waals surface area contributed by atoms with Crippen LogP contribution in [0.2, 0.25) is 0 Å². The molecule has 5 aromatic rings. The van der Waals surface area contributed by atoms with Gasteiger partial charge in [0.25, 0.3) is 10.0 Å². The van der Waals surface area contributed by atoms with E-state index in [1.807, 2.05) is 42.5 Å². The van der Waals surface area contributed by atoms with Crippen molar-refractivity contribution in [3.05, 3.63) is 84.1 Å². The van der Waals surface area contributed by atoms with E-state index in [2.05, 4.69) is 4.72 Å². The first-order chi connectivity index (χ1) is 16.9. The number of benzene rings is 4. The molecule has 1 N–H and O–H groups in total. The van der Waals surface area contributed by atoms with Crippen molar-refractivity contribution in [2.45, 2.75) is 11.8 Å². The molecule has 0 spiro atoms. The molecule has 0 saturated heterocycles. The predicted molar refractivity (Wildman–Crippen MR) is 135 cm³/mol. The average molecular weight is 490 g/mol. The summed E-state index contributed by atoms with van der Waals surface area (Å²) in [5.41, 5.74) is 1.09. The van der Waals surface area contributed by atoms with Crippen molar-refractivity contribution < 1.29 is 27.1 Å². The molecule has 1 aromatic heterocycles. The van der Waals surface area contributed by atoms with Crippen LogP contribution in [-0.4, -0.2) is 34.7 Å². The summed E-state index contributed by atoms with van der Waals surface area (Å²) in [6.07, 6.45) is 0. The number of sulfonamides is 1. The van der Waals surface area contributed by atoms with E-state index in [1.54, 1.807) is 37.3 Å². The molecule has 8 heteroatoms. The number of ether oxygens (including phenoxy) is 2. The van der Waals surface area contributed by atoms with Gasteiger partial charge in [0.2, 0.25) is 0 Å². The van der Waals surface area contributed by atoms with Crippen molar-refractivity contribution in [2.75, 3.05) is 25.0 Å². The molecule has 0 aliphatic heterocycles. The van der Waals surface area contributed by atoms with E-state index >= 15 is 0 Å². The molecule has 4 aromatic carbocycles. The van der Waals surface area contributed by atoms with Gasteiger partial charge in [-0.15, -0.1) is 0 Å². The van der Waals surface area contributed by atoms with Crippen molar-refractivity contribution in [2.24, 2.45) is 0 Å². The van der Waals surface area contributed by atoms with Crippen LogP contribution in [0.4, 0.5) is 5.69 Å². The van der Waals surface area contributed by atoms with Crippen LogP contribution in [-0.2, 0) is 19.5 Å². The zero-order valence-corrected chi connectivity index (χ0v) is 20.0. The van der Waals surface area contributed by atoms with Crippen LogP contribution < -0.4 is 4.72 Å². The number of hydrogen-bond acceptors (Lipinski definition) is 6. The smallest absolute Gasteiger partial charge is 0.342 e. The fourth-order valence-corrected chi connectivity index (χ4v) is 5.31. The Hall–Kier alpha value is -3.88. The fourth-order valence-electron chi connectivity index (χ4n) is 4.20. The summed E-state index contributed by atoms with van der Waals surface area (Å²) in [7, 11) is -2.40. The first kappa shape index (κ1) is 22.9. The maximum atomic E-state index is 13.4. The number of rotatable bonds is 7. The first-order valence-electron chi connectivity index (χ1n) is 11.0. The minimum Gasteiger partial charge on any atom is -0.460 e. The van der Waals surface area contributed by atoms with E-state index in [0.29, 0.717) is 33.2 Å². The van der Waals surface area contributed by atoms with Crippen LogP contribution in [0.25, 0.3) is 32.5 Å². The molecule has 0 fully saturated rings. The normalized spacial score (nSPS) is 11.8. The van der Waals surface area contributed by atoms with Gasteiger partial charge in [-0.1, -0.05) is 54.6 Å². The Labute approximate surface area is 202 Å². The molecule has 0 atom stereocenters. The third-order valence-electron chi connectivity index (χ3n) is 5.87. The molecule has 5 rings (SSSR count). The second kappa shape index (κ2) is 9.05. The van der Waals surface area contributed by atoms with Crippen LogP contribution in [0.1, 0.15) is 16.1 Å². The molecule has 0 saturated carbocycles. The Kier molecular flexibility index (Phi) is 5.92. The van der Waals surface area contributed by atoms with Gasteiger partial charge in [-0.2, -0.15) is 0 Å². The Morgan fingerprint density at radius 3 is 2.37 bits per heavy atom. The van der Waals surface area contributed by atoms with Crippen molar-refractivity contribution in [3.63, 3.8) is 0 Å². The molecule has 0 aliphatic rings. The second-order valence-electron chi connectivity index (χ2n) is 8.12. The van der Waals surface area contributed by atoms with Crippen LogP contribution >= 0.6 is 0 Å². The third kappa shape index (κ3) is 4.22. The van der Waals surface area contributed by atoms with Gasteiger partial charge >= 0.3 is 5.97 Å². The van der Waals surface area contributed by atoms with E-state index < -0.39 is 16.0 Å². The summed E-state index contributed by atoms with van der Waals surface area (Å²) in [5, 5.41) is 3.57.